The van der Waals surface area contributed by atoms with E-state index in [1.54, 1.807) is 35.1 Å². The Morgan fingerprint density at radius 1 is 1.29 bits per heavy atom. The van der Waals surface area contributed by atoms with Gasteiger partial charge in [-0.25, -0.2) is 0 Å². The zero-order valence-corrected chi connectivity index (χ0v) is 10.4. The van der Waals surface area contributed by atoms with E-state index in [9.17, 15) is 0 Å². The van der Waals surface area contributed by atoms with E-state index in [1.807, 2.05) is 0 Å². The summed E-state index contributed by atoms with van der Waals surface area (Å²) >= 11 is 11.8. The molecule has 90 valence electrons. The molecule has 0 fully saturated rings. The number of nitrogens with zero attached hydrogens (tertiary/aromatic N) is 2. The van der Waals surface area contributed by atoms with Crippen molar-refractivity contribution in [2.45, 2.75) is 6.54 Å². The molecule has 1 aromatic heterocycles. The number of rotatable bonds is 4. The average molecular weight is 272 g/mol. The van der Waals surface area contributed by atoms with E-state index in [0.717, 1.165) is 0 Å². The molecule has 0 radical (unpaired) electrons. The van der Waals surface area contributed by atoms with Gasteiger partial charge in [0.1, 0.15) is 18.2 Å². The molecule has 17 heavy (non-hydrogen) atoms. The van der Waals surface area contributed by atoms with E-state index in [1.165, 1.54) is 0 Å². The predicted molar refractivity (Wildman–Crippen MR) is 68.6 cm³/mol. The summed E-state index contributed by atoms with van der Waals surface area (Å²) in [5.41, 5.74) is 5.49. The highest BCUT2D eigenvalue weighted by atomic mass is 35.5. The molecule has 1 aromatic carbocycles. The van der Waals surface area contributed by atoms with Crippen molar-refractivity contribution >= 4 is 29.0 Å². The van der Waals surface area contributed by atoms with E-state index in [-0.39, 0.29) is 0 Å². The third-order valence-electron chi connectivity index (χ3n) is 2.13. The Bertz CT molecular complexity index is 513. The molecule has 0 spiro atoms. The van der Waals surface area contributed by atoms with Crippen LogP contribution in [0.15, 0.2) is 30.5 Å². The Labute approximate surface area is 109 Å². The van der Waals surface area contributed by atoms with Gasteiger partial charge in [0, 0.05) is 17.3 Å². The maximum absolute atomic E-state index is 5.96. The highest BCUT2D eigenvalue weighted by molar-refractivity contribution is 6.34. The Kier molecular flexibility index (Phi) is 3.76. The van der Waals surface area contributed by atoms with Crippen LogP contribution in [0.3, 0.4) is 0 Å². The summed E-state index contributed by atoms with van der Waals surface area (Å²) in [5, 5.41) is 5.16. The van der Waals surface area contributed by atoms with Gasteiger partial charge in [0.15, 0.2) is 0 Å². The van der Waals surface area contributed by atoms with Crippen molar-refractivity contribution in [3.8, 4) is 5.75 Å². The fourth-order valence-corrected chi connectivity index (χ4v) is 1.67. The second-order valence-corrected chi connectivity index (χ2v) is 4.27. The molecule has 2 aromatic rings. The molecule has 4 nitrogen and oxygen atoms in total. The van der Waals surface area contributed by atoms with Crippen LogP contribution >= 0.6 is 23.2 Å². The molecule has 0 saturated heterocycles. The summed E-state index contributed by atoms with van der Waals surface area (Å²) in [7, 11) is 0. The van der Waals surface area contributed by atoms with Crippen LogP contribution in [0.1, 0.15) is 0 Å². The summed E-state index contributed by atoms with van der Waals surface area (Å²) in [4.78, 5) is 0. The lowest BCUT2D eigenvalue weighted by molar-refractivity contribution is 0.291. The van der Waals surface area contributed by atoms with Crippen molar-refractivity contribution in [2.75, 3.05) is 12.3 Å². The van der Waals surface area contributed by atoms with Crippen LogP contribution in [0, 0.1) is 0 Å². The van der Waals surface area contributed by atoms with Gasteiger partial charge in [0.05, 0.1) is 11.6 Å². The van der Waals surface area contributed by atoms with Gasteiger partial charge in [-0.2, -0.15) is 5.10 Å². The van der Waals surface area contributed by atoms with Crippen LogP contribution in [0.4, 0.5) is 5.82 Å². The highest BCUT2D eigenvalue weighted by Gasteiger charge is 2.02. The zero-order chi connectivity index (χ0) is 12.3. The SMILES string of the molecule is Nc1ccn(CCOc2cc(Cl)ccc2Cl)n1. The molecule has 0 atom stereocenters. The van der Waals surface area contributed by atoms with E-state index < -0.39 is 0 Å². The quantitative estimate of drug-likeness (QED) is 0.931. The van der Waals surface area contributed by atoms with Gasteiger partial charge in [-0.3, -0.25) is 4.68 Å². The molecule has 2 rings (SSSR count). The Balaban J connectivity index is 1.91. The molecule has 0 bridgehead atoms. The lowest BCUT2D eigenvalue weighted by Gasteiger charge is -2.08. The number of hydrogen-bond donors (Lipinski definition) is 1. The van der Waals surface area contributed by atoms with Crippen molar-refractivity contribution in [3.05, 3.63) is 40.5 Å². The molecule has 0 aliphatic carbocycles. The normalized spacial score (nSPS) is 10.5. The highest BCUT2D eigenvalue weighted by Crippen LogP contribution is 2.27. The molecular formula is C11H11Cl2N3O. The number of nitrogens with two attached hydrogens (primary N) is 1. The minimum absolute atomic E-state index is 0.446. The number of benzene rings is 1. The molecule has 0 aliphatic rings. The van der Waals surface area contributed by atoms with Crippen molar-refractivity contribution in [2.24, 2.45) is 0 Å². The molecule has 2 N–H and O–H groups in total. The average Bonchev–Trinajstić information content (AvgIpc) is 2.69. The minimum Gasteiger partial charge on any atom is -0.490 e. The van der Waals surface area contributed by atoms with Gasteiger partial charge in [0.2, 0.25) is 0 Å². The number of hydrogen-bond acceptors (Lipinski definition) is 3. The maximum atomic E-state index is 5.96. The van der Waals surface area contributed by atoms with E-state index in [2.05, 4.69) is 5.10 Å². The number of halogens is 2. The Morgan fingerprint density at radius 2 is 2.12 bits per heavy atom. The largest absolute Gasteiger partial charge is 0.490 e. The molecule has 1 heterocycles. The Hall–Kier alpha value is -1.39. The fourth-order valence-electron chi connectivity index (χ4n) is 1.34. The van der Waals surface area contributed by atoms with E-state index >= 15 is 0 Å². The number of anilines is 1. The molecular weight excluding hydrogens is 261 g/mol. The Morgan fingerprint density at radius 3 is 2.82 bits per heavy atom. The number of aromatic nitrogens is 2. The lowest BCUT2D eigenvalue weighted by Crippen LogP contribution is -2.09. The summed E-state index contributed by atoms with van der Waals surface area (Å²) in [6.45, 7) is 1.04. The van der Waals surface area contributed by atoms with E-state index in [0.29, 0.717) is 34.8 Å². The maximum Gasteiger partial charge on any atom is 0.145 e. The summed E-state index contributed by atoms with van der Waals surface area (Å²) in [5.74, 6) is 1.06. The first-order valence-corrected chi connectivity index (χ1v) is 5.77. The van der Waals surface area contributed by atoms with Crippen molar-refractivity contribution < 1.29 is 4.74 Å². The fraction of sp³-hybridized carbons (Fsp3) is 0.182. The minimum atomic E-state index is 0.446. The van der Waals surface area contributed by atoms with Crippen LogP contribution in [0.2, 0.25) is 10.0 Å². The molecule has 0 amide bonds. The van der Waals surface area contributed by atoms with Crippen LogP contribution in [0.25, 0.3) is 0 Å². The second kappa shape index (κ2) is 5.29. The topological polar surface area (TPSA) is 53.1 Å². The number of ether oxygens (including phenoxy) is 1. The number of nitrogen functional groups attached to an aromatic ring is 1. The van der Waals surface area contributed by atoms with Crippen LogP contribution in [-0.4, -0.2) is 16.4 Å². The summed E-state index contributed by atoms with van der Waals surface area (Å²) < 4.78 is 7.21. The molecule has 0 unspecified atom stereocenters. The lowest BCUT2D eigenvalue weighted by atomic mass is 10.3. The van der Waals surface area contributed by atoms with Crippen molar-refractivity contribution in [3.63, 3.8) is 0 Å². The van der Waals surface area contributed by atoms with Crippen LogP contribution in [0.5, 0.6) is 5.75 Å². The van der Waals surface area contributed by atoms with Gasteiger partial charge >= 0.3 is 0 Å². The van der Waals surface area contributed by atoms with Gasteiger partial charge in [-0.1, -0.05) is 23.2 Å². The molecule has 0 saturated carbocycles. The molecule has 6 heteroatoms. The van der Waals surface area contributed by atoms with Crippen LogP contribution < -0.4 is 10.5 Å². The first-order valence-electron chi connectivity index (χ1n) is 5.02. The van der Waals surface area contributed by atoms with Crippen molar-refractivity contribution in [1.82, 2.24) is 9.78 Å². The first-order chi connectivity index (χ1) is 8.15. The summed E-state index contributed by atoms with van der Waals surface area (Å²) in [6, 6.07) is 6.82. The van der Waals surface area contributed by atoms with Gasteiger partial charge < -0.3 is 10.5 Å². The summed E-state index contributed by atoms with van der Waals surface area (Å²) in [6.07, 6.45) is 1.79. The zero-order valence-electron chi connectivity index (χ0n) is 8.94. The van der Waals surface area contributed by atoms with Crippen molar-refractivity contribution in [1.29, 1.82) is 0 Å². The van der Waals surface area contributed by atoms with E-state index in [4.69, 9.17) is 33.7 Å². The standard InChI is InChI=1S/C11H11Cl2N3O/c12-8-1-2-9(13)10(7-8)17-6-5-16-4-3-11(14)15-16/h1-4,7H,5-6H2,(H2,14,15). The molecule has 0 aliphatic heterocycles. The van der Waals surface area contributed by atoms with Gasteiger partial charge in [-0.15, -0.1) is 0 Å². The van der Waals surface area contributed by atoms with Crippen LogP contribution in [-0.2, 0) is 6.54 Å². The second-order valence-electron chi connectivity index (χ2n) is 3.43. The third kappa shape index (κ3) is 3.28. The van der Waals surface area contributed by atoms with Gasteiger partial charge in [0.25, 0.3) is 0 Å². The monoisotopic (exact) mass is 271 g/mol. The smallest absolute Gasteiger partial charge is 0.145 e. The first kappa shape index (κ1) is 12.1. The van der Waals surface area contributed by atoms with Gasteiger partial charge in [-0.05, 0) is 18.2 Å². The third-order valence-corrected chi connectivity index (χ3v) is 2.68. The predicted octanol–water partition coefficient (Wildman–Crippen LogP) is 2.85.